The van der Waals surface area contributed by atoms with Crippen molar-refractivity contribution in [2.24, 2.45) is 0 Å². The van der Waals surface area contributed by atoms with Crippen LogP contribution >= 0.6 is 0 Å². The number of rotatable bonds is 4. The maximum Gasteiger partial charge on any atom is 0.407 e. The van der Waals surface area contributed by atoms with Crippen LogP contribution in [0.4, 0.5) is 4.79 Å². The van der Waals surface area contributed by atoms with Crippen molar-refractivity contribution in [3.8, 4) is 0 Å². The molecule has 6 nitrogen and oxygen atoms in total. The first-order chi connectivity index (χ1) is 7.69. The SMILES string of the molecule is CNC(=O)OC(c1ccccn1)C(O)CO. The minimum atomic E-state index is -1.20. The van der Waals surface area contributed by atoms with E-state index in [-0.39, 0.29) is 0 Å². The summed E-state index contributed by atoms with van der Waals surface area (Å²) >= 11 is 0. The van der Waals surface area contributed by atoms with Gasteiger partial charge in [0, 0.05) is 13.2 Å². The monoisotopic (exact) mass is 226 g/mol. The summed E-state index contributed by atoms with van der Waals surface area (Å²) in [6.07, 6.45) is -1.36. The van der Waals surface area contributed by atoms with Crippen molar-refractivity contribution in [1.29, 1.82) is 0 Å². The fourth-order valence-electron chi connectivity index (χ4n) is 1.15. The summed E-state index contributed by atoms with van der Waals surface area (Å²) in [6, 6.07) is 5.00. The van der Waals surface area contributed by atoms with Crippen LogP contribution in [0.25, 0.3) is 0 Å². The Kier molecular flexibility index (Phi) is 4.68. The smallest absolute Gasteiger partial charge is 0.407 e. The third kappa shape index (κ3) is 3.18. The van der Waals surface area contributed by atoms with Crippen LogP contribution in [0, 0.1) is 0 Å². The van der Waals surface area contributed by atoms with Crippen LogP contribution < -0.4 is 5.32 Å². The molecule has 0 aliphatic rings. The van der Waals surface area contributed by atoms with Crippen molar-refractivity contribution < 1.29 is 19.7 Å². The molecule has 2 atom stereocenters. The van der Waals surface area contributed by atoms with E-state index in [0.29, 0.717) is 5.69 Å². The molecule has 1 aromatic rings. The molecule has 6 heteroatoms. The highest BCUT2D eigenvalue weighted by Crippen LogP contribution is 2.19. The number of carbonyl (C=O) groups excluding carboxylic acids is 1. The Morgan fingerprint density at radius 1 is 1.62 bits per heavy atom. The van der Waals surface area contributed by atoms with Gasteiger partial charge in [-0.25, -0.2) is 4.79 Å². The molecule has 1 heterocycles. The number of nitrogens with one attached hydrogen (secondary N) is 1. The lowest BCUT2D eigenvalue weighted by Crippen LogP contribution is -2.31. The summed E-state index contributed by atoms with van der Waals surface area (Å²) in [5, 5.41) is 20.6. The Bertz CT molecular complexity index is 331. The van der Waals surface area contributed by atoms with Gasteiger partial charge in [0.25, 0.3) is 0 Å². The van der Waals surface area contributed by atoms with Crippen LogP contribution in [0.3, 0.4) is 0 Å². The molecule has 0 spiro atoms. The average molecular weight is 226 g/mol. The number of amides is 1. The topological polar surface area (TPSA) is 91.7 Å². The minimum Gasteiger partial charge on any atom is -0.437 e. The quantitative estimate of drug-likeness (QED) is 0.663. The van der Waals surface area contributed by atoms with Gasteiger partial charge in [0.15, 0.2) is 6.10 Å². The number of nitrogens with zero attached hydrogens (tertiary/aromatic N) is 1. The first-order valence-corrected chi connectivity index (χ1v) is 4.77. The van der Waals surface area contributed by atoms with Gasteiger partial charge < -0.3 is 20.3 Å². The second-order valence-corrected chi connectivity index (χ2v) is 3.08. The molecule has 0 aliphatic heterocycles. The summed E-state index contributed by atoms with van der Waals surface area (Å²) in [6.45, 7) is -0.516. The summed E-state index contributed by atoms with van der Waals surface area (Å²) in [7, 11) is 1.41. The van der Waals surface area contributed by atoms with Gasteiger partial charge in [-0.1, -0.05) is 6.07 Å². The molecule has 1 amide bonds. The molecule has 0 bridgehead atoms. The van der Waals surface area contributed by atoms with E-state index in [1.54, 1.807) is 18.2 Å². The predicted molar refractivity (Wildman–Crippen MR) is 55.6 cm³/mol. The van der Waals surface area contributed by atoms with Gasteiger partial charge in [0.05, 0.1) is 12.3 Å². The molecule has 2 unspecified atom stereocenters. The lowest BCUT2D eigenvalue weighted by atomic mass is 10.1. The fraction of sp³-hybridized carbons (Fsp3) is 0.400. The van der Waals surface area contributed by atoms with Crippen LogP contribution in [0.15, 0.2) is 24.4 Å². The first kappa shape index (κ1) is 12.4. The number of aromatic nitrogens is 1. The Morgan fingerprint density at radius 2 is 2.38 bits per heavy atom. The van der Waals surface area contributed by atoms with E-state index in [4.69, 9.17) is 9.84 Å². The van der Waals surface area contributed by atoms with Crippen molar-refractivity contribution in [2.45, 2.75) is 12.2 Å². The zero-order valence-electron chi connectivity index (χ0n) is 8.83. The van der Waals surface area contributed by atoms with Gasteiger partial charge in [-0.15, -0.1) is 0 Å². The largest absolute Gasteiger partial charge is 0.437 e. The highest BCUT2D eigenvalue weighted by atomic mass is 16.6. The fourth-order valence-corrected chi connectivity index (χ4v) is 1.15. The number of alkyl carbamates (subject to hydrolysis) is 1. The van der Waals surface area contributed by atoms with Crippen LogP contribution in [0.5, 0.6) is 0 Å². The Labute approximate surface area is 92.9 Å². The van der Waals surface area contributed by atoms with E-state index in [1.165, 1.54) is 13.2 Å². The lowest BCUT2D eigenvalue weighted by Gasteiger charge is -2.20. The number of aliphatic hydroxyl groups is 2. The second kappa shape index (κ2) is 6.04. The van der Waals surface area contributed by atoms with E-state index in [2.05, 4.69) is 10.3 Å². The standard InChI is InChI=1S/C10H14N2O4/c1-11-10(15)16-9(8(14)6-13)7-4-2-3-5-12-7/h2-5,8-9,13-14H,6H2,1H3,(H,11,15). The zero-order valence-corrected chi connectivity index (χ0v) is 8.83. The number of aliphatic hydroxyl groups excluding tert-OH is 2. The summed E-state index contributed by atoms with van der Waals surface area (Å²) in [5.41, 5.74) is 0.382. The summed E-state index contributed by atoms with van der Waals surface area (Å²) < 4.78 is 4.92. The molecule has 88 valence electrons. The van der Waals surface area contributed by atoms with Crippen molar-refractivity contribution in [2.75, 3.05) is 13.7 Å². The predicted octanol–water partition coefficient (Wildman–Crippen LogP) is -0.168. The van der Waals surface area contributed by atoms with E-state index in [1.807, 2.05) is 0 Å². The molecule has 16 heavy (non-hydrogen) atoms. The molecule has 0 aliphatic carbocycles. The highest BCUT2D eigenvalue weighted by molar-refractivity contribution is 5.67. The number of hydrogen-bond donors (Lipinski definition) is 3. The number of pyridine rings is 1. The van der Waals surface area contributed by atoms with Crippen molar-refractivity contribution >= 4 is 6.09 Å². The number of ether oxygens (including phenoxy) is 1. The van der Waals surface area contributed by atoms with E-state index in [0.717, 1.165) is 0 Å². The van der Waals surface area contributed by atoms with Gasteiger partial charge in [0.1, 0.15) is 6.10 Å². The molecule has 0 radical (unpaired) electrons. The van der Waals surface area contributed by atoms with Crippen molar-refractivity contribution in [3.05, 3.63) is 30.1 Å². The minimum absolute atomic E-state index is 0.382. The van der Waals surface area contributed by atoms with Crippen LogP contribution in [0.1, 0.15) is 11.8 Å². The van der Waals surface area contributed by atoms with E-state index < -0.39 is 24.9 Å². The van der Waals surface area contributed by atoms with Gasteiger partial charge in [-0.05, 0) is 12.1 Å². The Balaban J connectivity index is 2.83. The molecule has 0 aromatic carbocycles. The molecular formula is C10H14N2O4. The molecule has 0 saturated heterocycles. The first-order valence-electron chi connectivity index (χ1n) is 4.77. The van der Waals surface area contributed by atoms with Gasteiger partial charge >= 0.3 is 6.09 Å². The normalized spacial score (nSPS) is 13.9. The van der Waals surface area contributed by atoms with Crippen LogP contribution in [0.2, 0.25) is 0 Å². The second-order valence-electron chi connectivity index (χ2n) is 3.08. The molecule has 3 N–H and O–H groups in total. The summed E-state index contributed by atoms with van der Waals surface area (Å²) in [4.78, 5) is 15.0. The number of carbonyl (C=O) groups is 1. The third-order valence-electron chi connectivity index (χ3n) is 1.95. The van der Waals surface area contributed by atoms with Crippen LogP contribution in [-0.2, 0) is 4.74 Å². The van der Waals surface area contributed by atoms with Gasteiger partial charge in [-0.2, -0.15) is 0 Å². The maximum atomic E-state index is 11.1. The van der Waals surface area contributed by atoms with Crippen molar-refractivity contribution in [1.82, 2.24) is 10.3 Å². The molecule has 0 fully saturated rings. The summed E-state index contributed by atoms with van der Waals surface area (Å²) in [5.74, 6) is 0. The van der Waals surface area contributed by atoms with Crippen molar-refractivity contribution in [3.63, 3.8) is 0 Å². The molecular weight excluding hydrogens is 212 g/mol. The lowest BCUT2D eigenvalue weighted by molar-refractivity contribution is -0.0269. The van der Waals surface area contributed by atoms with Crippen LogP contribution in [-0.4, -0.2) is 41.0 Å². The third-order valence-corrected chi connectivity index (χ3v) is 1.95. The Morgan fingerprint density at radius 3 is 2.88 bits per heavy atom. The highest BCUT2D eigenvalue weighted by Gasteiger charge is 2.25. The average Bonchev–Trinajstić information content (AvgIpc) is 2.35. The van der Waals surface area contributed by atoms with E-state index >= 15 is 0 Å². The number of hydrogen-bond acceptors (Lipinski definition) is 5. The molecule has 1 rings (SSSR count). The molecule has 0 saturated carbocycles. The van der Waals surface area contributed by atoms with Gasteiger partial charge in [0.2, 0.25) is 0 Å². The molecule has 1 aromatic heterocycles. The van der Waals surface area contributed by atoms with Gasteiger partial charge in [-0.3, -0.25) is 4.98 Å². The Hall–Kier alpha value is -1.66. The maximum absolute atomic E-state index is 11.1. The zero-order chi connectivity index (χ0) is 12.0. The van der Waals surface area contributed by atoms with E-state index in [9.17, 15) is 9.90 Å².